The first-order valence-corrected chi connectivity index (χ1v) is 6.19. The first-order valence-electron chi connectivity index (χ1n) is 6.19. The van der Waals surface area contributed by atoms with Crippen molar-refractivity contribution in [1.29, 1.82) is 10.5 Å². The topological polar surface area (TPSA) is 62.9 Å². The molecule has 0 bridgehead atoms. The van der Waals surface area contributed by atoms with Crippen LogP contribution in [0, 0.1) is 22.7 Å². The van der Waals surface area contributed by atoms with E-state index in [2.05, 4.69) is 22.4 Å². The van der Waals surface area contributed by atoms with Crippen LogP contribution < -0.4 is 10.2 Å². The van der Waals surface area contributed by atoms with E-state index in [1.807, 2.05) is 18.2 Å². The van der Waals surface area contributed by atoms with Gasteiger partial charge < -0.3 is 10.2 Å². The summed E-state index contributed by atoms with van der Waals surface area (Å²) in [6, 6.07) is 12.2. The van der Waals surface area contributed by atoms with Crippen LogP contribution in [0.15, 0.2) is 24.3 Å². The molecule has 4 nitrogen and oxygen atoms in total. The number of benzene rings is 1. The maximum absolute atomic E-state index is 8.95. The minimum absolute atomic E-state index is 0.187. The zero-order valence-electron chi connectivity index (χ0n) is 10.3. The summed E-state index contributed by atoms with van der Waals surface area (Å²) >= 11 is 0. The summed E-state index contributed by atoms with van der Waals surface area (Å²) in [4.78, 5) is 2.24. The van der Waals surface area contributed by atoms with Crippen LogP contribution in [0.2, 0.25) is 0 Å². The molecule has 1 N–H and O–H groups in total. The van der Waals surface area contributed by atoms with E-state index in [0.717, 1.165) is 31.7 Å². The van der Waals surface area contributed by atoms with Gasteiger partial charge in [0, 0.05) is 18.8 Å². The average molecular weight is 240 g/mol. The molecule has 1 unspecified atom stereocenters. The van der Waals surface area contributed by atoms with Gasteiger partial charge in [0.1, 0.15) is 0 Å². The minimum atomic E-state index is 0.187. The van der Waals surface area contributed by atoms with Gasteiger partial charge in [0.15, 0.2) is 0 Å². The molecule has 2 rings (SSSR count). The highest BCUT2D eigenvalue weighted by Gasteiger charge is 2.20. The van der Waals surface area contributed by atoms with Gasteiger partial charge in [-0.1, -0.05) is 6.07 Å². The van der Waals surface area contributed by atoms with E-state index in [1.54, 1.807) is 6.07 Å². The summed E-state index contributed by atoms with van der Waals surface area (Å²) in [5.41, 5.74) is 1.71. The van der Waals surface area contributed by atoms with Crippen molar-refractivity contribution in [3.63, 3.8) is 0 Å². The van der Waals surface area contributed by atoms with E-state index < -0.39 is 0 Å². The first-order chi connectivity index (χ1) is 8.85. The Hall–Kier alpha value is -2.04. The first kappa shape index (κ1) is 12.4. The fourth-order valence-corrected chi connectivity index (χ4v) is 2.32. The Kier molecular flexibility index (Phi) is 4.17. The quantitative estimate of drug-likeness (QED) is 0.853. The second-order valence-corrected chi connectivity index (χ2v) is 4.43. The fraction of sp³-hybridized carbons (Fsp3) is 0.429. The smallest absolute Gasteiger partial charge is 0.0992 e. The van der Waals surface area contributed by atoms with E-state index >= 15 is 0 Å². The third-order valence-electron chi connectivity index (χ3n) is 3.21. The predicted octanol–water partition coefficient (Wildman–Crippen LogP) is 1.64. The molecule has 1 saturated heterocycles. The number of hydrogen-bond donors (Lipinski definition) is 1. The number of nitrogens with zero attached hydrogens (tertiary/aromatic N) is 3. The molecule has 18 heavy (non-hydrogen) atoms. The molecule has 1 heterocycles. The van der Waals surface area contributed by atoms with Crippen molar-refractivity contribution in [3.8, 4) is 12.1 Å². The number of hydrogen-bond acceptors (Lipinski definition) is 4. The molecule has 1 atom stereocenters. The lowest BCUT2D eigenvalue weighted by Gasteiger charge is -2.30. The maximum Gasteiger partial charge on any atom is 0.0992 e. The molecule has 0 saturated carbocycles. The van der Waals surface area contributed by atoms with Gasteiger partial charge in [-0.2, -0.15) is 10.5 Å². The van der Waals surface area contributed by atoms with Crippen molar-refractivity contribution in [2.45, 2.75) is 18.9 Å². The minimum Gasteiger partial charge on any atom is -0.366 e. The van der Waals surface area contributed by atoms with Crippen LogP contribution in [-0.2, 0) is 0 Å². The molecule has 92 valence electrons. The second kappa shape index (κ2) is 6.05. The lowest BCUT2D eigenvalue weighted by Crippen LogP contribution is -2.39. The van der Waals surface area contributed by atoms with Gasteiger partial charge in [0.2, 0.25) is 0 Å². The molecule has 1 aromatic rings. The highest BCUT2D eigenvalue weighted by Crippen LogP contribution is 2.21. The summed E-state index contributed by atoms with van der Waals surface area (Å²) in [6.45, 7) is 2.73. The number of rotatable bonds is 2. The molecule has 1 aromatic carbocycles. The van der Waals surface area contributed by atoms with Gasteiger partial charge in [0.25, 0.3) is 0 Å². The van der Waals surface area contributed by atoms with E-state index in [-0.39, 0.29) is 6.04 Å². The standard InChI is InChI=1S/C14H16N4/c15-6-5-14-11-17-7-2-8-18(14)13-4-1-3-12(9-13)10-16/h1,3-4,9,14,17H,2,5,7-8,11H2. The van der Waals surface area contributed by atoms with Crippen molar-refractivity contribution in [2.75, 3.05) is 24.5 Å². The van der Waals surface area contributed by atoms with Gasteiger partial charge in [0.05, 0.1) is 30.2 Å². The molecule has 0 spiro atoms. The Balaban J connectivity index is 2.26. The molecule has 0 radical (unpaired) electrons. The van der Waals surface area contributed by atoms with Crippen molar-refractivity contribution in [2.24, 2.45) is 0 Å². The highest BCUT2D eigenvalue weighted by molar-refractivity contribution is 5.52. The molecule has 0 aromatic heterocycles. The average Bonchev–Trinajstić information content (AvgIpc) is 2.65. The van der Waals surface area contributed by atoms with Crippen LogP contribution in [-0.4, -0.2) is 25.7 Å². The summed E-state index contributed by atoms with van der Waals surface area (Å²) in [7, 11) is 0. The predicted molar refractivity (Wildman–Crippen MR) is 70.0 cm³/mol. The lowest BCUT2D eigenvalue weighted by molar-refractivity contribution is 0.597. The largest absolute Gasteiger partial charge is 0.366 e. The maximum atomic E-state index is 8.95. The van der Waals surface area contributed by atoms with Crippen LogP contribution >= 0.6 is 0 Å². The van der Waals surface area contributed by atoms with E-state index in [4.69, 9.17) is 10.5 Å². The second-order valence-electron chi connectivity index (χ2n) is 4.43. The van der Waals surface area contributed by atoms with E-state index in [1.165, 1.54) is 0 Å². The Labute approximate surface area is 107 Å². The monoisotopic (exact) mass is 240 g/mol. The van der Waals surface area contributed by atoms with E-state index in [9.17, 15) is 0 Å². The fourth-order valence-electron chi connectivity index (χ4n) is 2.32. The van der Waals surface area contributed by atoms with Gasteiger partial charge in [-0.05, 0) is 31.2 Å². The molecular weight excluding hydrogens is 224 g/mol. The number of anilines is 1. The Morgan fingerprint density at radius 1 is 1.39 bits per heavy atom. The molecule has 1 aliphatic heterocycles. The Bertz CT molecular complexity index is 483. The number of nitriles is 2. The van der Waals surface area contributed by atoms with Crippen LogP contribution in [0.3, 0.4) is 0 Å². The van der Waals surface area contributed by atoms with Crippen LogP contribution in [0.1, 0.15) is 18.4 Å². The van der Waals surface area contributed by atoms with E-state index in [0.29, 0.717) is 12.0 Å². The van der Waals surface area contributed by atoms with Crippen molar-refractivity contribution < 1.29 is 0 Å². The van der Waals surface area contributed by atoms with Crippen molar-refractivity contribution in [3.05, 3.63) is 29.8 Å². The Morgan fingerprint density at radius 2 is 2.28 bits per heavy atom. The Morgan fingerprint density at radius 3 is 3.06 bits per heavy atom. The summed E-state index contributed by atoms with van der Waals surface area (Å²) in [5.74, 6) is 0. The van der Waals surface area contributed by atoms with Gasteiger partial charge in [-0.25, -0.2) is 0 Å². The normalized spacial score (nSPS) is 19.7. The van der Waals surface area contributed by atoms with Crippen LogP contribution in [0.25, 0.3) is 0 Å². The molecule has 4 heteroatoms. The summed E-state index contributed by atoms with van der Waals surface area (Å²) < 4.78 is 0. The summed E-state index contributed by atoms with van der Waals surface area (Å²) in [6.07, 6.45) is 1.56. The molecular formula is C14H16N4. The van der Waals surface area contributed by atoms with Crippen LogP contribution in [0.5, 0.6) is 0 Å². The van der Waals surface area contributed by atoms with Gasteiger partial charge in [-0.3, -0.25) is 0 Å². The SMILES string of the molecule is N#CCC1CNCCCN1c1cccc(C#N)c1. The number of nitrogens with one attached hydrogen (secondary N) is 1. The van der Waals surface area contributed by atoms with Crippen LogP contribution in [0.4, 0.5) is 5.69 Å². The summed E-state index contributed by atoms with van der Waals surface area (Å²) in [5, 5.41) is 21.2. The van der Waals surface area contributed by atoms with Gasteiger partial charge in [-0.15, -0.1) is 0 Å². The lowest BCUT2D eigenvalue weighted by atomic mass is 10.1. The third kappa shape index (κ3) is 2.80. The molecule has 0 amide bonds. The molecule has 0 aliphatic carbocycles. The van der Waals surface area contributed by atoms with Gasteiger partial charge >= 0.3 is 0 Å². The molecule has 1 fully saturated rings. The zero-order chi connectivity index (χ0) is 12.8. The zero-order valence-corrected chi connectivity index (χ0v) is 10.3. The van der Waals surface area contributed by atoms with Crippen molar-refractivity contribution in [1.82, 2.24) is 5.32 Å². The van der Waals surface area contributed by atoms with Crippen molar-refractivity contribution >= 4 is 5.69 Å². The molecule has 1 aliphatic rings. The highest BCUT2D eigenvalue weighted by atomic mass is 15.2. The third-order valence-corrected chi connectivity index (χ3v) is 3.21.